The molecule has 4 fully saturated rings. The van der Waals surface area contributed by atoms with Crippen LogP contribution >= 0.6 is 11.6 Å². The molecule has 5 N–H and O–H groups in total. The molecule has 67 heavy (non-hydrogen) atoms. The Balaban J connectivity index is 0.000000151. The van der Waals surface area contributed by atoms with E-state index in [2.05, 4.69) is 72.2 Å². The standard InChI is InChI=1S/C23H32ClN5O2Si.C17H20N6O.C9H16N2/c1-32(2,3)11-10-31-16-28-9-8-19-22(25-15-26-23(19)28)18-13-27-29(14-18)20(12-21(24)30)17-6-4-5-7-17;18-15(24)7-14(11-3-1-2-4-11)23-9-12(8-22-23)16-13-5-6-19-17(13)21-10-20-16;1-7-6-9(11-10-7)8-4-2-3-5-8/h8-9,13-15,17,20H,4-7,10-12,16H2,1-3H3;5-6,8-11,14H,1-4,7H2,(H2,18,24)(H,19,20,21);8-11H,1-6H2/t20-;14-;9-/m111/s1. The number of aromatic nitrogens is 10. The van der Waals surface area contributed by atoms with Crippen molar-refractivity contribution in [2.45, 2.75) is 147 Å². The number of fused-ring (bicyclic) bond motifs is 2. The Bertz CT molecular complexity index is 2580. The van der Waals surface area contributed by atoms with Crippen LogP contribution in [0.1, 0.15) is 108 Å². The zero-order valence-corrected chi connectivity index (χ0v) is 41.1. The van der Waals surface area contributed by atoms with Gasteiger partial charge in [0.15, 0.2) is 0 Å². The van der Waals surface area contributed by atoms with Crippen LogP contribution in [0.2, 0.25) is 25.7 Å². The number of aromatic amines is 1. The lowest BCUT2D eigenvalue weighted by atomic mass is 9.95. The number of carbonyl (C=O) groups excluding carboxylic acids is 2. The highest BCUT2D eigenvalue weighted by molar-refractivity contribution is 6.76. The molecule has 4 aliphatic rings. The zero-order chi connectivity index (χ0) is 46.9. The van der Waals surface area contributed by atoms with Gasteiger partial charge in [0, 0.05) is 92.4 Å². The van der Waals surface area contributed by atoms with Gasteiger partial charge in [0.25, 0.3) is 0 Å². The largest absolute Gasteiger partial charge is 0.370 e. The Kier molecular flexibility index (Phi) is 16.0. The highest BCUT2D eigenvalue weighted by Crippen LogP contribution is 2.39. The number of nitrogens with two attached hydrogens (primary N) is 1. The fourth-order valence-corrected chi connectivity index (χ4v) is 11.4. The van der Waals surface area contributed by atoms with Gasteiger partial charge in [0.05, 0.1) is 35.9 Å². The van der Waals surface area contributed by atoms with Gasteiger partial charge < -0.3 is 25.4 Å². The molecule has 3 aliphatic carbocycles. The molecule has 6 aromatic rings. The number of nitrogens with one attached hydrogen (secondary N) is 3. The van der Waals surface area contributed by atoms with Crippen LogP contribution in [0.4, 0.5) is 0 Å². The average molecular weight is 951 g/mol. The van der Waals surface area contributed by atoms with Crippen molar-refractivity contribution in [2.24, 2.45) is 23.5 Å². The molecule has 6 aromatic heterocycles. The molecule has 1 saturated heterocycles. The molecule has 0 bridgehead atoms. The number of primary amides is 1. The van der Waals surface area contributed by atoms with Gasteiger partial charge in [-0.15, -0.1) is 0 Å². The number of hydrogen-bond acceptors (Lipinski definition) is 11. The van der Waals surface area contributed by atoms with Gasteiger partial charge in [-0.05, 0) is 86.1 Å². The summed E-state index contributed by atoms with van der Waals surface area (Å²) >= 11 is 5.77. The molecule has 1 aliphatic heterocycles. The van der Waals surface area contributed by atoms with Crippen molar-refractivity contribution in [3.05, 3.63) is 74.2 Å². The Morgan fingerprint density at radius 2 is 1.43 bits per heavy atom. The maximum atomic E-state index is 11.7. The summed E-state index contributed by atoms with van der Waals surface area (Å²) in [6.07, 6.45) is 31.3. The Labute approximate surface area is 399 Å². The summed E-state index contributed by atoms with van der Waals surface area (Å²) in [5.41, 5.74) is 18.2. The minimum Gasteiger partial charge on any atom is -0.370 e. The van der Waals surface area contributed by atoms with Crippen molar-refractivity contribution in [3.63, 3.8) is 0 Å². The number of nitrogens with zero attached hydrogens (tertiary/aromatic N) is 9. The maximum Gasteiger partial charge on any atom is 0.223 e. The molecule has 18 heteroatoms. The van der Waals surface area contributed by atoms with E-state index in [1.54, 1.807) is 18.9 Å². The highest BCUT2D eigenvalue weighted by atomic mass is 35.5. The summed E-state index contributed by atoms with van der Waals surface area (Å²) < 4.78 is 11.7. The van der Waals surface area contributed by atoms with Gasteiger partial charge in [-0.25, -0.2) is 25.4 Å². The number of amides is 1. The first-order valence-corrected chi connectivity index (χ1v) is 28.4. The van der Waals surface area contributed by atoms with E-state index in [-0.39, 0.29) is 23.2 Å². The van der Waals surface area contributed by atoms with Crippen molar-refractivity contribution in [3.8, 4) is 22.5 Å². The Morgan fingerprint density at radius 3 is 2.01 bits per heavy atom. The molecule has 0 spiro atoms. The number of carbonyl (C=O) groups is 2. The number of halogens is 1. The van der Waals surface area contributed by atoms with E-state index >= 15 is 0 Å². The van der Waals surface area contributed by atoms with E-state index in [0.29, 0.717) is 37.5 Å². The zero-order valence-electron chi connectivity index (χ0n) is 39.4. The predicted octanol–water partition coefficient (Wildman–Crippen LogP) is 9.48. The monoisotopic (exact) mass is 950 g/mol. The molecule has 10 rings (SSSR count). The minimum atomic E-state index is -1.11. The van der Waals surface area contributed by atoms with Gasteiger partial charge >= 0.3 is 0 Å². The van der Waals surface area contributed by atoms with Crippen LogP contribution in [0.25, 0.3) is 44.6 Å². The van der Waals surface area contributed by atoms with E-state index in [0.717, 1.165) is 101 Å². The first-order valence-electron chi connectivity index (χ1n) is 24.3. The first kappa shape index (κ1) is 48.2. The molecule has 1 amide bonds. The van der Waals surface area contributed by atoms with Crippen molar-refractivity contribution < 1.29 is 14.3 Å². The van der Waals surface area contributed by atoms with Crippen molar-refractivity contribution in [1.82, 2.24) is 59.9 Å². The number of hydrazine groups is 1. The third kappa shape index (κ3) is 12.5. The molecular formula is C49H68ClN13O3Si. The minimum absolute atomic E-state index is 0.00190. The summed E-state index contributed by atoms with van der Waals surface area (Å²) in [6.45, 7) is 12.2. The van der Waals surface area contributed by atoms with Gasteiger partial charge in [-0.2, -0.15) is 10.2 Å². The summed E-state index contributed by atoms with van der Waals surface area (Å²) in [7, 11) is -1.11. The molecule has 0 unspecified atom stereocenters. The van der Waals surface area contributed by atoms with E-state index in [9.17, 15) is 9.59 Å². The molecule has 358 valence electrons. The molecule has 3 atom stereocenters. The van der Waals surface area contributed by atoms with Crippen molar-refractivity contribution >= 4 is 52.9 Å². The fraction of sp³-hybridized carbons (Fsp3) is 0.551. The summed E-state index contributed by atoms with van der Waals surface area (Å²) in [5, 5.41) is 10.7. The van der Waals surface area contributed by atoms with E-state index < -0.39 is 8.07 Å². The fourth-order valence-electron chi connectivity index (χ4n) is 10.5. The van der Waals surface area contributed by atoms with E-state index in [1.807, 2.05) is 57.0 Å². The van der Waals surface area contributed by atoms with Crippen LogP contribution in [-0.4, -0.2) is 80.9 Å². The smallest absolute Gasteiger partial charge is 0.223 e. The SMILES string of the molecule is C=C1C[C@H](C2CCCC2)NN1.C[Si](C)(C)CCOCn1ccc2c(-c3cnn([C@H](CC(=O)Cl)C4CCCC4)c3)ncnc21.NC(=O)C[C@H](C1CCCC1)n1cc(-c2ncnc3[nH]ccc23)cn1. The molecule has 16 nitrogen and oxygen atoms in total. The molecule has 3 saturated carbocycles. The molecule has 7 heterocycles. The Morgan fingerprint density at radius 1 is 0.836 bits per heavy atom. The lowest BCUT2D eigenvalue weighted by Crippen LogP contribution is -2.34. The highest BCUT2D eigenvalue weighted by Gasteiger charge is 2.31. The third-order valence-corrected chi connectivity index (χ3v) is 16.0. The summed E-state index contributed by atoms with van der Waals surface area (Å²) in [4.78, 5) is 44.0. The second kappa shape index (κ2) is 22.3. The Hall–Kier alpha value is -5.23. The number of H-pyrrole nitrogens is 1. The molecular weight excluding hydrogens is 882 g/mol. The van der Waals surface area contributed by atoms with Crippen LogP contribution in [0.3, 0.4) is 0 Å². The topological polar surface area (TPSA) is 201 Å². The normalized spacial score (nSPS) is 19.0. The predicted molar refractivity (Wildman–Crippen MR) is 265 cm³/mol. The second-order valence-corrected chi connectivity index (χ2v) is 26.2. The van der Waals surface area contributed by atoms with Crippen LogP contribution in [0.15, 0.2) is 74.2 Å². The van der Waals surface area contributed by atoms with Crippen LogP contribution in [0, 0.1) is 17.8 Å². The maximum absolute atomic E-state index is 11.7. The number of rotatable bonds is 16. The lowest BCUT2D eigenvalue weighted by Gasteiger charge is -2.22. The van der Waals surface area contributed by atoms with Crippen molar-refractivity contribution in [1.29, 1.82) is 0 Å². The van der Waals surface area contributed by atoms with Gasteiger partial charge in [-0.3, -0.25) is 19.0 Å². The summed E-state index contributed by atoms with van der Waals surface area (Å²) in [6, 6.07) is 5.82. The average Bonchev–Trinajstić information content (AvgIpc) is 4.15. The lowest BCUT2D eigenvalue weighted by molar-refractivity contribution is -0.119. The van der Waals surface area contributed by atoms with Gasteiger partial charge in [-0.1, -0.05) is 64.7 Å². The van der Waals surface area contributed by atoms with Crippen LogP contribution in [-0.2, 0) is 21.1 Å². The van der Waals surface area contributed by atoms with Crippen LogP contribution in [0.5, 0.6) is 0 Å². The molecule has 0 aromatic carbocycles. The number of hydrogen-bond donors (Lipinski definition) is 4. The van der Waals surface area contributed by atoms with Crippen LogP contribution < -0.4 is 16.6 Å². The second-order valence-electron chi connectivity index (χ2n) is 20.2. The van der Waals surface area contributed by atoms with E-state index in [1.165, 1.54) is 51.4 Å². The van der Waals surface area contributed by atoms with Gasteiger partial charge in [0.2, 0.25) is 11.1 Å². The first-order chi connectivity index (χ1) is 32.4. The van der Waals surface area contributed by atoms with Gasteiger partial charge in [0.1, 0.15) is 30.7 Å². The quantitative estimate of drug-likeness (QED) is 0.0409. The van der Waals surface area contributed by atoms with Crippen molar-refractivity contribution in [2.75, 3.05) is 6.61 Å². The third-order valence-electron chi connectivity index (χ3n) is 14.1. The summed E-state index contributed by atoms with van der Waals surface area (Å²) in [5.74, 6) is 1.52. The van der Waals surface area contributed by atoms with E-state index in [4.69, 9.17) is 22.1 Å². The number of ether oxygens (including phenoxy) is 1. The molecule has 0 radical (unpaired) electrons.